The number of aliphatic hydroxyl groups excluding tert-OH is 2. The molecule has 11 heteroatoms. The quantitative estimate of drug-likeness (QED) is 0.150. The van der Waals surface area contributed by atoms with E-state index in [2.05, 4.69) is 6.08 Å². The Labute approximate surface area is 265 Å². The van der Waals surface area contributed by atoms with Gasteiger partial charge in [-0.25, -0.2) is 0 Å². The van der Waals surface area contributed by atoms with Crippen LogP contribution in [0.4, 0.5) is 0 Å². The van der Waals surface area contributed by atoms with E-state index in [-0.39, 0.29) is 18.1 Å². The van der Waals surface area contributed by atoms with E-state index in [1.54, 1.807) is 19.1 Å². The number of hydrogen-bond acceptors (Lipinski definition) is 11. The summed E-state index contributed by atoms with van der Waals surface area (Å²) < 4.78 is 27.5. The number of ether oxygens (including phenoxy) is 5. The van der Waals surface area contributed by atoms with Gasteiger partial charge in [0.15, 0.2) is 18.3 Å². The Kier molecular flexibility index (Phi) is 14.8. The largest absolute Gasteiger partial charge is 0.507 e. The summed E-state index contributed by atoms with van der Waals surface area (Å²) in [5.74, 6) is -1.70. The zero-order chi connectivity index (χ0) is 33.8. The average molecular weight is 633 g/mol. The molecule has 6 atom stereocenters. The van der Waals surface area contributed by atoms with Crippen molar-refractivity contribution in [3.63, 3.8) is 0 Å². The summed E-state index contributed by atoms with van der Waals surface area (Å²) in [6.07, 6.45) is 1.35. The van der Waals surface area contributed by atoms with Crippen molar-refractivity contribution in [3.8, 4) is 11.5 Å². The van der Waals surface area contributed by atoms with Crippen LogP contribution < -0.4 is 4.74 Å². The van der Waals surface area contributed by atoms with E-state index in [9.17, 15) is 29.7 Å². The van der Waals surface area contributed by atoms with E-state index in [0.717, 1.165) is 43.4 Å². The minimum Gasteiger partial charge on any atom is -0.507 e. The molecule has 0 aromatic heterocycles. The van der Waals surface area contributed by atoms with Crippen molar-refractivity contribution in [2.75, 3.05) is 6.61 Å². The highest BCUT2D eigenvalue weighted by Crippen LogP contribution is 2.33. The van der Waals surface area contributed by atoms with Crippen LogP contribution in [0.3, 0.4) is 0 Å². The van der Waals surface area contributed by atoms with Crippen LogP contribution in [-0.2, 0) is 39.8 Å². The van der Waals surface area contributed by atoms with Crippen molar-refractivity contribution < 1.29 is 53.4 Å². The Balaban J connectivity index is 2.21. The molecule has 6 unspecified atom stereocenters. The summed E-state index contributed by atoms with van der Waals surface area (Å²) >= 11 is 0. The zero-order valence-electron chi connectivity index (χ0n) is 27.5. The second kappa shape index (κ2) is 17.7. The maximum absolute atomic E-state index is 11.9. The monoisotopic (exact) mass is 632 g/mol. The van der Waals surface area contributed by atoms with E-state index in [0.29, 0.717) is 24.0 Å². The lowest BCUT2D eigenvalue weighted by atomic mass is 9.98. The fourth-order valence-corrected chi connectivity index (χ4v) is 4.95. The molecule has 1 heterocycles. The third-order valence-electron chi connectivity index (χ3n) is 7.03. The van der Waals surface area contributed by atoms with Crippen LogP contribution in [0, 0.1) is 6.92 Å². The zero-order valence-corrected chi connectivity index (χ0v) is 27.5. The predicted molar refractivity (Wildman–Crippen MR) is 166 cm³/mol. The molecule has 0 spiro atoms. The number of allylic oxidation sites excluding steroid dienone is 4. The molecule has 1 saturated heterocycles. The van der Waals surface area contributed by atoms with Gasteiger partial charge in [-0.1, -0.05) is 34.9 Å². The molecule has 1 aliphatic rings. The van der Waals surface area contributed by atoms with Crippen molar-refractivity contribution in [1.82, 2.24) is 0 Å². The van der Waals surface area contributed by atoms with Gasteiger partial charge in [0.25, 0.3) is 0 Å². The van der Waals surface area contributed by atoms with Crippen molar-refractivity contribution >= 4 is 17.9 Å². The molecule has 1 aliphatic heterocycles. The highest BCUT2D eigenvalue weighted by atomic mass is 16.7. The average Bonchev–Trinajstić information content (AvgIpc) is 2.91. The number of aliphatic hydroxyl groups is 2. The number of aromatic hydroxyl groups is 1. The van der Waals surface area contributed by atoms with Crippen LogP contribution in [0.5, 0.6) is 11.5 Å². The first-order valence-electron chi connectivity index (χ1n) is 15.0. The number of aryl methyl sites for hydroxylation is 1. The van der Waals surface area contributed by atoms with Gasteiger partial charge in [0.1, 0.15) is 24.2 Å². The summed E-state index contributed by atoms with van der Waals surface area (Å²) in [5.41, 5.74) is 4.41. The second-order valence-electron chi connectivity index (χ2n) is 11.7. The third-order valence-corrected chi connectivity index (χ3v) is 7.03. The highest BCUT2D eigenvalue weighted by molar-refractivity contribution is 5.68. The fraction of sp³-hybridized carbons (Fsp3) is 0.559. The number of carbonyl (C=O) groups excluding carboxylic acids is 3. The van der Waals surface area contributed by atoms with Gasteiger partial charge in [-0.3, -0.25) is 14.4 Å². The molecule has 0 bridgehead atoms. The molecule has 0 amide bonds. The van der Waals surface area contributed by atoms with Gasteiger partial charge in [-0.05, 0) is 78.0 Å². The first kappa shape index (κ1) is 37.5. The van der Waals surface area contributed by atoms with Crippen LogP contribution in [0.2, 0.25) is 0 Å². The number of rotatable bonds is 14. The summed E-state index contributed by atoms with van der Waals surface area (Å²) in [5, 5.41) is 31.9. The first-order valence-corrected chi connectivity index (χ1v) is 15.0. The van der Waals surface area contributed by atoms with Crippen LogP contribution in [0.25, 0.3) is 0 Å². The lowest BCUT2D eigenvalue weighted by Crippen LogP contribution is -2.62. The lowest BCUT2D eigenvalue weighted by molar-refractivity contribution is -0.285. The Morgan fingerprint density at radius 3 is 2.18 bits per heavy atom. The maximum Gasteiger partial charge on any atom is 0.303 e. The number of esters is 3. The molecule has 0 aliphatic carbocycles. The van der Waals surface area contributed by atoms with E-state index in [1.165, 1.54) is 6.92 Å². The molecule has 1 aromatic rings. The summed E-state index contributed by atoms with van der Waals surface area (Å²) in [6, 6.07) is 3.19. The van der Waals surface area contributed by atoms with Crippen LogP contribution >= 0.6 is 0 Å². The molecule has 0 saturated carbocycles. The molecule has 45 heavy (non-hydrogen) atoms. The molecule has 2 rings (SSSR count). The van der Waals surface area contributed by atoms with Gasteiger partial charge in [0, 0.05) is 26.3 Å². The van der Waals surface area contributed by atoms with Crippen molar-refractivity contribution in [3.05, 3.63) is 58.2 Å². The van der Waals surface area contributed by atoms with Gasteiger partial charge in [-0.15, -0.1) is 0 Å². The fourth-order valence-electron chi connectivity index (χ4n) is 4.95. The van der Waals surface area contributed by atoms with Crippen molar-refractivity contribution in [2.45, 2.75) is 118 Å². The van der Waals surface area contributed by atoms with E-state index < -0.39 is 54.7 Å². The normalized spacial score (nSPS) is 22.7. The minimum atomic E-state index is -1.58. The van der Waals surface area contributed by atoms with Gasteiger partial charge < -0.3 is 39.0 Å². The predicted octanol–water partition coefficient (Wildman–Crippen LogP) is 4.52. The third kappa shape index (κ3) is 12.7. The van der Waals surface area contributed by atoms with Crippen LogP contribution in [0.1, 0.15) is 78.9 Å². The van der Waals surface area contributed by atoms with Gasteiger partial charge >= 0.3 is 17.9 Å². The molecule has 250 valence electrons. The standard InChI is InChI=1S/C34H48O11/c1-19(2)14-27(38)15-21(4)11-9-10-20(3)12-13-26-17-28(16-22(5)30(26)39)44-34-31(40)33(43-25(8)37)32(42-24(7)36)29(45-34)18-41-23(6)35/h11-12,14,16-17,27,29,31-34,38-40H,9-10,13,15,18H2,1-8H3. The van der Waals surface area contributed by atoms with Gasteiger partial charge in [-0.2, -0.15) is 0 Å². The number of carbonyl (C=O) groups is 3. The summed E-state index contributed by atoms with van der Waals surface area (Å²) in [4.78, 5) is 35.2. The van der Waals surface area contributed by atoms with Crippen molar-refractivity contribution in [2.24, 2.45) is 0 Å². The molecule has 11 nitrogen and oxygen atoms in total. The Morgan fingerprint density at radius 1 is 0.933 bits per heavy atom. The molecular weight excluding hydrogens is 584 g/mol. The topological polar surface area (TPSA) is 158 Å². The minimum absolute atomic E-state index is 0.0981. The van der Waals surface area contributed by atoms with Gasteiger partial charge in [0.2, 0.25) is 6.29 Å². The van der Waals surface area contributed by atoms with E-state index >= 15 is 0 Å². The number of phenolic OH excluding ortho intramolecular Hbond substituents is 1. The number of benzene rings is 1. The summed E-state index contributed by atoms with van der Waals surface area (Å²) in [7, 11) is 0. The van der Waals surface area contributed by atoms with Crippen LogP contribution in [0.15, 0.2) is 47.1 Å². The maximum atomic E-state index is 11.9. The molecule has 1 fully saturated rings. The van der Waals surface area contributed by atoms with E-state index in [1.807, 2.05) is 39.8 Å². The molecule has 3 N–H and O–H groups in total. The van der Waals surface area contributed by atoms with Crippen molar-refractivity contribution in [1.29, 1.82) is 0 Å². The number of hydrogen-bond donors (Lipinski definition) is 3. The van der Waals surface area contributed by atoms with E-state index in [4.69, 9.17) is 23.7 Å². The molecular formula is C34H48O11. The summed E-state index contributed by atoms with van der Waals surface area (Å²) in [6.45, 7) is 12.8. The van der Waals surface area contributed by atoms with Crippen LogP contribution in [-0.4, -0.2) is 76.6 Å². The SMILES string of the molecule is CC(=O)OCC1OC(Oc2cc(C)c(O)c(CC=C(C)CCC=C(C)CC(O)C=C(C)C)c2)C(O)C(OC(C)=O)C1OC(C)=O. The molecule has 0 radical (unpaired) electrons. The Morgan fingerprint density at radius 2 is 1.58 bits per heavy atom. The Bertz CT molecular complexity index is 1270. The molecule has 1 aromatic carbocycles. The smallest absolute Gasteiger partial charge is 0.303 e. The highest BCUT2D eigenvalue weighted by Gasteiger charge is 2.51. The second-order valence-corrected chi connectivity index (χ2v) is 11.7. The lowest BCUT2D eigenvalue weighted by Gasteiger charge is -2.42. The van der Waals surface area contributed by atoms with Gasteiger partial charge in [0.05, 0.1) is 6.10 Å². The first-order chi connectivity index (χ1) is 21.1. The Hall–Kier alpha value is -3.67. The number of phenols is 1.